The van der Waals surface area contributed by atoms with Crippen LogP contribution in [0.2, 0.25) is 0 Å². The normalized spacial score (nSPS) is 14.6. The van der Waals surface area contributed by atoms with E-state index in [0.717, 1.165) is 17.2 Å². The van der Waals surface area contributed by atoms with Crippen LogP contribution < -0.4 is 10.8 Å². The largest absolute Gasteiger partial charge is 0.444 e. The number of oxazole rings is 1. The molecule has 0 unspecified atom stereocenters. The third-order valence-corrected chi connectivity index (χ3v) is 1.29. The molecular formula is C8H11NO. The van der Waals surface area contributed by atoms with Gasteiger partial charge in [-0.1, -0.05) is 13.0 Å². The Bertz CT molecular complexity index is 297. The van der Waals surface area contributed by atoms with Gasteiger partial charge < -0.3 is 4.42 Å². The van der Waals surface area contributed by atoms with Crippen LogP contribution in [0.15, 0.2) is 10.8 Å². The minimum Gasteiger partial charge on any atom is -0.444 e. The minimum atomic E-state index is 0.880. The number of hydrogen-bond acceptors (Lipinski definition) is 2. The molecule has 0 saturated heterocycles. The molecule has 0 saturated carbocycles. The van der Waals surface area contributed by atoms with Crippen LogP contribution in [0.4, 0.5) is 0 Å². The van der Waals surface area contributed by atoms with Gasteiger partial charge in [-0.15, -0.1) is 0 Å². The first-order valence-corrected chi connectivity index (χ1v) is 3.44. The molecule has 0 aliphatic carbocycles. The van der Waals surface area contributed by atoms with Gasteiger partial charge in [-0.05, 0) is 19.4 Å². The Morgan fingerprint density at radius 1 is 1.70 bits per heavy atom. The molecule has 0 bridgehead atoms. The van der Waals surface area contributed by atoms with E-state index in [2.05, 4.69) is 11.9 Å². The second-order valence-electron chi connectivity index (χ2n) is 2.00. The summed E-state index contributed by atoms with van der Waals surface area (Å²) in [6.45, 7) is 4.02. The predicted octanol–water partition coefficient (Wildman–Crippen LogP) is 0.665. The third-order valence-electron chi connectivity index (χ3n) is 1.29. The summed E-state index contributed by atoms with van der Waals surface area (Å²) in [6.07, 6.45) is 6.40. The van der Waals surface area contributed by atoms with E-state index in [1.54, 1.807) is 0 Å². The zero-order valence-electron chi connectivity index (χ0n) is 6.29. The van der Waals surface area contributed by atoms with Crippen molar-refractivity contribution in [2.24, 2.45) is 0 Å². The molecule has 0 atom stereocenters. The van der Waals surface area contributed by atoms with Crippen molar-refractivity contribution in [2.45, 2.75) is 20.3 Å². The number of rotatable bonds is 1. The number of hydrogen-bond donors (Lipinski definition) is 0. The van der Waals surface area contributed by atoms with Crippen LogP contribution in [0.1, 0.15) is 20.3 Å². The quantitative estimate of drug-likeness (QED) is 0.568. The van der Waals surface area contributed by atoms with Gasteiger partial charge in [-0.25, -0.2) is 4.98 Å². The highest BCUT2D eigenvalue weighted by Crippen LogP contribution is 1.73. The molecule has 0 spiro atoms. The first kappa shape index (κ1) is 7.06. The summed E-state index contributed by atoms with van der Waals surface area (Å²) in [4.78, 5) is 4.00. The van der Waals surface area contributed by atoms with Crippen LogP contribution in [0.3, 0.4) is 0 Å². The average molecular weight is 137 g/mol. The Kier molecular flexibility index (Phi) is 2.26. The van der Waals surface area contributed by atoms with Crippen LogP contribution in [0.5, 0.6) is 0 Å². The molecule has 2 nitrogen and oxygen atoms in total. The maximum Gasteiger partial charge on any atom is 0.181 e. The summed E-state index contributed by atoms with van der Waals surface area (Å²) in [5, 5.41) is 0.932. The summed E-state index contributed by atoms with van der Waals surface area (Å²) >= 11 is 0. The van der Waals surface area contributed by atoms with E-state index in [1.165, 1.54) is 6.39 Å². The van der Waals surface area contributed by atoms with Crippen molar-refractivity contribution in [3.63, 3.8) is 0 Å². The molecular weight excluding hydrogens is 126 g/mol. The molecule has 0 aliphatic heterocycles. The maximum atomic E-state index is 5.10. The molecule has 0 amide bonds. The van der Waals surface area contributed by atoms with Crippen molar-refractivity contribution in [1.82, 2.24) is 4.98 Å². The Morgan fingerprint density at radius 2 is 2.50 bits per heavy atom. The van der Waals surface area contributed by atoms with E-state index in [4.69, 9.17) is 4.42 Å². The van der Waals surface area contributed by atoms with E-state index in [9.17, 15) is 0 Å². The van der Waals surface area contributed by atoms with E-state index >= 15 is 0 Å². The van der Waals surface area contributed by atoms with Crippen LogP contribution in [0, 0.1) is 0 Å². The lowest BCUT2D eigenvalue weighted by Gasteiger charge is -1.73. The summed E-state index contributed by atoms with van der Waals surface area (Å²) in [5.41, 5.74) is 0.880. The molecule has 10 heavy (non-hydrogen) atoms. The Hall–Kier alpha value is -1.05. The van der Waals surface area contributed by atoms with Gasteiger partial charge in [0, 0.05) is 0 Å². The molecule has 2 heteroatoms. The Morgan fingerprint density at radius 3 is 3.10 bits per heavy atom. The lowest BCUT2D eigenvalue weighted by atomic mass is 10.4. The molecule has 0 aliphatic rings. The molecule has 1 rings (SSSR count). The molecule has 0 N–H and O–H groups in total. The van der Waals surface area contributed by atoms with Crippen molar-refractivity contribution >= 4 is 12.2 Å². The van der Waals surface area contributed by atoms with Crippen molar-refractivity contribution in [1.29, 1.82) is 0 Å². The highest BCUT2D eigenvalue weighted by molar-refractivity contribution is 5.21. The molecule has 54 valence electrons. The van der Waals surface area contributed by atoms with Crippen molar-refractivity contribution in [3.8, 4) is 0 Å². The average Bonchev–Trinajstić information content (AvgIpc) is 2.36. The summed E-state index contributed by atoms with van der Waals surface area (Å²) in [5.74, 6) is 0. The highest BCUT2D eigenvalue weighted by Gasteiger charge is 1.84. The van der Waals surface area contributed by atoms with E-state index in [-0.39, 0.29) is 0 Å². The van der Waals surface area contributed by atoms with Crippen molar-refractivity contribution in [3.05, 3.63) is 17.2 Å². The maximum absolute atomic E-state index is 5.10. The predicted molar refractivity (Wildman–Crippen MR) is 40.6 cm³/mol. The topological polar surface area (TPSA) is 26.0 Å². The molecule has 1 aromatic heterocycles. The van der Waals surface area contributed by atoms with Gasteiger partial charge in [0.25, 0.3) is 0 Å². The Labute approximate surface area is 59.9 Å². The zero-order valence-corrected chi connectivity index (χ0v) is 6.29. The fraction of sp³-hybridized carbons (Fsp3) is 0.375. The molecule has 1 heterocycles. The summed E-state index contributed by atoms with van der Waals surface area (Å²) < 4.78 is 5.10. The summed E-state index contributed by atoms with van der Waals surface area (Å²) in [7, 11) is 0. The van der Waals surface area contributed by atoms with Gasteiger partial charge >= 0.3 is 0 Å². The zero-order chi connectivity index (χ0) is 7.40. The fourth-order valence-electron chi connectivity index (χ4n) is 0.819. The van der Waals surface area contributed by atoms with Crippen molar-refractivity contribution in [2.75, 3.05) is 0 Å². The van der Waals surface area contributed by atoms with Gasteiger partial charge in [-0.2, -0.15) is 0 Å². The van der Waals surface area contributed by atoms with Crippen LogP contribution in [-0.4, -0.2) is 4.98 Å². The molecule has 0 radical (unpaired) electrons. The van der Waals surface area contributed by atoms with Crippen LogP contribution in [-0.2, 0) is 0 Å². The van der Waals surface area contributed by atoms with Crippen LogP contribution >= 0.6 is 0 Å². The lowest BCUT2D eigenvalue weighted by Crippen LogP contribution is -2.21. The molecule has 1 aromatic rings. The highest BCUT2D eigenvalue weighted by atomic mass is 16.3. The minimum absolute atomic E-state index is 0.880. The molecule has 0 fully saturated rings. The van der Waals surface area contributed by atoms with Gasteiger partial charge in [0.1, 0.15) is 10.8 Å². The summed E-state index contributed by atoms with van der Waals surface area (Å²) in [6, 6.07) is 0. The van der Waals surface area contributed by atoms with Crippen molar-refractivity contribution < 1.29 is 4.42 Å². The number of nitrogens with zero attached hydrogens (tertiary/aromatic N) is 1. The first-order valence-electron chi connectivity index (χ1n) is 3.44. The fourth-order valence-corrected chi connectivity index (χ4v) is 0.819. The second kappa shape index (κ2) is 3.20. The van der Waals surface area contributed by atoms with E-state index in [0.29, 0.717) is 0 Å². The monoisotopic (exact) mass is 137 g/mol. The Balaban J connectivity index is 3.28. The van der Waals surface area contributed by atoms with Gasteiger partial charge in [0.15, 0.2) is 6.39 Å². The SMILES string of the molecule is CC=c1ncoc1=CCC. The number of aromatic nitrogens is 1. The van der Waals surface area contributed by atoms with E-state index in [1.807, 2.05) is 19.1 Å². The van der Waals surface area contributed by atoms with Gasteiger partial charge in [-0.3, -0.25) is 0 Å². The van der Waals surface area contributed by atoms with Gasteiger partial charge in [0.2, 0.25) is 0 Å². The third kappa shape index (κ3) is 1.26. The van der Waals surface area contributed by atoms with E-state index < -0.39 is 0 Å². The second-order valence-corrected chi connectivity index (χ2v) is 2.00. The van der Waals surface area contributed by atoms with Gasteiger partial charge in [0.05, 0.1) is 0 Å². The van der Waals surface area contributed by atoms with Crippen LogP contribution in [0.25, 0.3) is 12.2 Å². The standard InChI is InChI=1S/C8H11NO/c1-3-5-8-7(4-2)9-6-10-8/h4-6H,3H2,1-2H3. The first-order chi connectivity index (χ1) is 4.88. The molecule has 0 aromatic carbocycles. The lowest BCUT2D eigenvalue weighted by molar-refractivity contribution is 0.523. The smallest absolute Gasteiger partial charge is 0.181 e.